The minimum atomic E-state index is -0.392. The number of anilines is 1. The summed E-state index contributed by atoms with van der Waals surface area (Å²) in [5.74, 6) is 0.386. The maximum atomic E-state index is 13.6. The summed E-state index contributed by atoms with van der Waals surface area (Å²) in [5.41, 5.74) is 0.344. The van der Waals surface area contributed by atoms with Crippen molar-refractivity contribution in [1.29, 1.82) is 0 Å². The number of nitrogens with zero attached hydrogens (tertiary/aromatic N) is 2. The van der Waals surface area contributed by atoms with Crippen molar-refractivity contribution in [2.45, 2.75) is 33.3 Å². The van der Waals surface area contributed by atoms with Gasteiger partial charge in [0.15, 0.2) is 17.5 Å². The molecule has 0 radical (unpaired) electrons. The molecule has 0 bridgehead atoms. The van der Waals surface area contributed by atoms with E-state index in [1.165, 1.54) is 0 Å². The lowest BCUT2D eigenvalue weighted by Gasteiger charge is -2.14. The van der Waals surface area contributed by atoms with E-state index in [1.807, 2.05) is 13.8 Å². The van der Waals surface area contributed by atoms with Gasteiger partial charge >= 0.3 is 0 Å². The molecular weight excluding hydrogens is 209 g/mol. The Labute approximate surface area is 95.3 Å². The number of methoxy groups -OCH3 is 1. The molecule has 1 unspecified atom stereocenters. The topological polar surface area (TPSA) is 47.0 Å². The van der Waals surface area contributed by atoms with Gasteiger partial charge in [-0.2, -0.15) is 0 Å². The van der Waals surface area contributed by atoms with Crippen molar-refractivity contribution in [3.8, 4) is 0 Å². The molecule has 1 atom stereocenters. The molecule has 0 saturated carbocycles. The van der Waals surface area contributed by atoms with Gasteiger partial charge in [0.2, 0.25) is 0 Å². The van der Waals surface area contributed by atoms with Crippen LogP contribution in [0.25, 0.3) is 0 Å². The molecule has 1 heterocycles. The minimum Gasteiger partial charge on any atom is -0.373 e. The average Bonchev–Trinajstić information content (AvgIpc) is 2.27. The van der Waals surface area contributed by atoms with Gasteiger partial charge in [0.1, 0.15) is 6.10 Å². The van der Waals surface area contributed by atoms with Gasteiger partial charge in [0, 0.05) is 13.7 Å². The number of hydrogen-bond acceptors (Lipinski definition) is 4. The van der Waals surface area contributed by atoms with E-state index in [1.54, 1.807) is 14.0 Å². The Morgan fingerprint density at radius 2 is 2.06 bits per heavy atom. The highest BCUT2D eigenvalue weighted by Gasteiger charge is 2.16. The fraction of sp³-hybridized carbons (Fsp3) is 0.636. The summed E-state index contributed by atoms with van der Waals surface area (Å²) in [6.07, 6.45) is 0.573. The maximum absolute atomic E-state index is 13.6. The first-order valence-corrected chi connectivity index (χ1v) is 5.44. The molecule has 1 aromatic heterocycles. The molecule has 0 aliphatic rings. The molecule has 0 spiro atoms. The fourth-order valence-corrected chi connectivity index (χ4v) is 1.46. The van der Waals surface area contributed by atoms with Crippen LogP contribution in [0.15, 0.2) is 0 Å². The molecule has 0 aliphatic carbocycles. The van der Waals surface area contributed by atoms with Crippen molar-refractivity contribution in [3.63, 3.8) is 0 Å². The second-order valence-electron chi connectivity index (χ2n) is 3.49. The monoisotopic (exact) mass is 227 g/mol. The SMILES string of the molecule is CCNc1nc(C(CC)OC)nc(C)c1F. The summed E-state index contributed by atoms with van der Waals surface area (Å²) < 4.78 is 18.8. The largest absolute Gasteiger partial charge is 0.373 e. The van der Waals surface area contributed by atoms with Crippen LogP contribution in [0.3, 0.4) is 0 Å². The van der Waals surface area contributed by atoms with Gasteiger partial charge in [-0.3, -0.25) is 0 Å². The maximum Gasteiger partial charge on any atom is 0.186 e. The van der Waals surface area contributed by atoms with Gasteiger partial charge in [-0.1, -0.05) is 6.92 Å². The fourth-order valence-electron chi connectivity index (χ4n) is 1.46. The Morgan fingerprint density at radius 3 is 2.56 bits per heavy atom. The smallest absolute Gasteiger partial charge is 0.186 e. The van der Waals surface area contributed by atoms with Crippen LogP contribution in [0.1, 0.15) is 37.9 Å². The standard InChI is InChI=1S/C11H18FN3O/c1-5-8(16-4)10-14-7(3)9(12)11(15-10)13-6-2/h8H,5-6H2,1-4H3,(H,13,14,15). The van der Waals surface area contributed by atoms with E-state index in [2.05, 4.69) is 15.3 Å². The predicted molar refractivity (Wildman–Crippen MR) is 60.9 cm³/mol. The van der Waals surface area contributed by atoms with E-state index in [4.69, 9.17) is 4.74 Å². The number of hydrogen-bond donors (Lipinski definition) is 1. The van der Waals surface area contributed by atoms with Gasteiger partial charge in [0.05, 0.1) is 5.69 Å². The normalized spacial score (nSPS) is 12.6. The molecule has 5 heteroatoms. The molecule has 1 aromatic rings. The Balaban J connectivity index is 3.12. The minimum absolute atomic E-state index is 0.184. The van der Waals surface area contributed by atoms with Crippen LogP contribution in [-0.2, 0) is 4.74 Å². The highest BCUT2D eigenvalue weighted by molar-refractivity contribution is 5.38. The number of halogens is 1. The van der Waals surface area contributed by atoms with Crippen LogP contribution in [0.2, 0.25) is 0 Å². The van der Waals surface area contributed by atoms with Crippen molar-refractivity contribution < 1.29 is 9.13 Å². The van der Waals surface area contributed by atoms with E-state index in [0.29, 0.717) is 18.1 Å². The Bertz CT molecular complexity index is 353. The van der Waals surface area contributed by atoms with Crippen LogP contribution in [-0.4, -0.2) is 23.6 Å². The zero-order chi connectivity index (χ0) is 12.1. The van der Waals surface area contributed by atoms with Crippen LogP contribution in [0.4, 0.5) is 10.2 Å². The van der Waals surface area contributed by atoms with E-state index < -0.39 is 5.82 Å². The zero-order valence-corrected chi connectivity index (χ0v) is 10.2. The zero-order valence-electron chi connectivity index (χ0n) is 10.2. The van der Waals surface area contributed by atoms with Gasteiger partial charge in [-0.05, 0) is 20.3 Å². The lowest BCUT2D eigenvalue weighted by molar-refractivity contribution is 0.0923. The Morgan fingerprint density at radius 1 is 1.38 bits per heavy atom. The van der Waals surface area contributed by atoms with Gasteiger partial charge in [0.25, 0.3) is 0 Å². The van der Waals surface area contributed by atoms with Crippen LogP contribution in [0, 0.1) is 12.7 Å². The number of aromatic nitrogens is 2. The van der Waals surface area contributed by atoms with Crippen LogP contribution in [0.5, 0.6) is 0 Å². The third kappa shape index (κ3) is 2.66. The summed E-state index contributed by atoms with van der Waals surface area (Å²) in [5, 5.41) is 2.88. The van der Waals surface area contributed by atoms with Crippen molar-refractivity contribution in [3.05, 3.63) is 17.3 Å². The molecule has 0 aliphatic heterocycles. The number of rotatable bonds is 5. The summed E-state index contributed by atoms with van der Waals surface area (Å²) in [6.45, 7) is 6.12. The van der Waals surface area contributed by atoms with E-state index in [9.17, 15) is 4.39 Å². The Hall–Kier alpha value is -1.23. The van der Waals surface area contributed by atoms with Crippen LogP contribution < -0.4 is 5.32 Å². The highest BCUT2D eigenvalue weighted by atomic mass is 19.1. The van der Waals surface area contributed by atoms with Crippen LogP contribution >= 0.6 is 0 Å². The Kier molecular flexibility index (Phi) is 4.61. The molecule has 1 rings (SSSR count). The first-order valence-electron chi connectivity index (χ1n) is 5.44. The molecule has 0 fully saturated rings. The van der Waals surface area contributed by atoms with Crippen molar-refractivity contribution >= 4 is 5.82 Å². The lowest BCUT2D eigenvalue weighted by Crippen LogP contribution is -2.12. The first kappa shape index (κ1) is 12.8. The van der Waals surface area contributed by atoms with Crippen molar-refractivity contribution in [2.75, 3.05) is 19.0 Å². The molecular formula is C11H18FN3O. The molecule has 90 valence electrons. The van der Waals surface area contributed by atoms with Crippen molar-refractivity contribution in [2.24, 2.45) is 0 Å². The van der Waals surface area contributed by atoms with Crippen molar-refractivity contribution in [1.82, 2.24) is 9.97 Å². The quantitative estimate of drug-likeness (QED) is 0.839. The van der Waals surface area contributed by atoms with E-state index in [0.717, 1.165) is 6.42 Å². The average molecular weight is 227 g/mol. The second kappa shape index (κ2) is 5.75. The number of nitrogens with one attached hydrogen (secondary N) is 1. The molecule has 1 N–H and O–H groups in total. The van der Waals surface area contributed by atoms with E-state index in [-0.39, 0.29) is 11.9 Å². The molecule has 0 aromatic carbocycles. The summed E-state index contributed by atoms with van der Waals surface area (Å²) in [6, 6.07) is 0. The summed E-state index contributed by atoms with van der Waals surface area (Å²) >= 11 is 0. The highest BCUT2D eigenvalue weighted by Crippen LogP contribution is 2.21. The molecule has 4 nitrogen and oxygen atoms in total. The second-order valence-corrected chi connectivity index (χ2v) is 3.49. The first-order chi connectivity index (χ1) is 7.63. The molecule has 16 heavy (non-hydrogen) atoms. The van der Waals surface area contributed by atoms with Gasteiger partial charge in [-0.15, -0.1) is 0 Å². The predicted octanol–water partition coefficient (Wildman–Crippen LogP) is 2.45. The number of aryl methyl sites for hydroxylation is 1. The summed E-state index contributed by atoms with van der Waals surface area (Å²) in [4.78, 5) is 8.25. The van der Waals surface area contributed by atoms with Gasteiger partial charge < -0.3 is 10.1 Å². The third-order valence-electron chi connectivity index (χ3n) is 2.32. The molecule has 0 saturated heterocycles. The lowest BCUT2D eigenvalue weighted by atomic mass is 10.2. The third-order valence-corrected chi connectivity index (χ3v) is 2.32. The van der Waals surface area contributed by atoms with E-state index >= 15 is 0 Å². The summed E-state index contributed by atoms with van der Waals surface area (Å²) in [7, 11) is 1.60. The number of ether oxygens (including phenoxy) is 1. The van der Waals surface area contributed by atoms with Gasteiger partial charge in [-0.25, -0.2) is 14.4 Å². The molecule has 0 amide bonds.